The molecule has 0 amide bonds. The molecule has 7 heteroatoms. The molecule has 20 heavy (non-hydrogen) atoms. The molecule has 1 aromatic heterocycles. The van der Waals surface area contributed by atoms with Crippen molar-refractivity contribution in [1.82, 2.24) is 4.98 Å². The van der Waals surface area contributed by atoms with Crippen molar-refractivity contribution in [2.24, 2.45) is 5.84 Å². The van der Waals surface area contributed by atoms with Crippen LogP contribution in [0, 0.1) is 6.92 Å². The smallest absolute Gasteiger partial charge is 0.406 e. The number of aromatic nitrogens is 1. The van der Waals surface area contributed by atoms with Gasteiger partial charge in [-0.1, -0.05) is 6.92 Å². The Morgan fingerprint density at radius 3 is 2.60 bits per heavy atom. The van der Waals surface area contributed by atoms with E-state index < -0.39 is 6.36 Å². The van der Waals surface area contributed by atoms with E-state index in [1.165, 1.54) is 18.2 Å². The second-order valence-electron chi connectivity index (χ2n) is 4.28. The summed E-state index contributed by atoms with van der Waals surface area (Å²) in [6.07, 6.45) is -4.02. The number of nitrogens with one attached hydrogen (secondary N) is 1. The minimum absolute atomic E-state index is 0.299. The SMILES string of the molecule is CCc1nc2ccc(OC(F)(F)F)cc2c(NN)c1C. The van der Waals surface area contributed by atoms with Gasteiger partial charge in [0.1, 0.15) is 5.75 Å². The zero-order chi connectivity index (χ0) is 14.9. The van der Waals surface area contributed by atoms with Gasteiger partial charge in [0.05, 0.1) is 11.2 Å². The van der Waals surface area contributed by atoms with Crippen LogP contribution in [0.3, 0.4) is 0 Å². The summed E-state index contributed by atoms with van der Waals surface area (Å²) in [7, 11) is 0. The molecular formula is C13H14F3N3O. The number of benzene rings is 1. The van der Waals surface area contributed by atoms with E-state index in [2.05, 4.69) is 15.1 Å². The number of nitrogen functional groups attached to an aromatic ring is 1. The molecule has 0 aliphatic rings. The predicted octanol–water partition coefficient (Wildman–Crippen LogP) is 3.29. The summed E-state index contributed by atoms with van der Waals surface area (Å²) in [5.74, 6) is 5.18. The summed E-state index contributed by atoms with van der Waals surface area (Å²) in [6.45, 7) is 3.76. The van der Waals surface area contributed by atoms with Crippen molar-refractivity contribution < 1.29 is 17.9 Å². The van der Waals surface area contributed by atoms with Crippen molar-refractivity contribution >= 4 is 16.6 Å². The van der Waals surface area contributed by atoms with Crippen LogP contribution < -0.4 is 16.0 Å². The quantitative estimate of drug-likeness (QED) is 0.671. The molecule has 0 atom stereocenters. The Hall–Kier alpha value is -2.02. The number of fused-ring (bicyclic) bond motifs is 1. The van der Waals surface area contributed by atoms with Gasteiger partial charge in [0.25, 0.3) is 0 Å². The molecule has 108 valence electrons. The van der Waals surface area contributed by atoms with Crippen molar-refractivity contribution in [1.29, 1.82) is 0 Å². The van der Waals surface area contributed by atoms with Gasteiger partial charge in [-0.3, -0.25) is 10.8 Å². The van der Waals surface area contributed by atoms with Gasteiger partial charge in [-0.25, -0.2) is 0 Å². The molecule has 0 spiro atoms. The lowest BCUT2D eigenvalue weighted by Gasteiger charge is -2.14. The third-order valence-corrected chi connectivity index (χ3v) is 3.01. The van der Waals surface area contributed by atoms with Crippen LogP contribution in [0.5, 0.6) is 5.75 Å². The van der Waals surface area contributed by atoms with Gasteiger partial charge in [0, 0.05) is 11.1 Å². The highest BCUT2D eigenvalue weighted by molar-refractivity contribution is 5.94. The van der Waals surface area contributed by atoms with E-state index in [4.69, 9.17) is 5.84 Å². The number of hydrogen-bond acceptors (Lipinski definition) is 4. The van der Waals surface area contributed by atoms with E-state index >= 15 is 0 Å². The normalized spacial score (nSPS) is 11.7. The number of ether oxygens (including phenoxy) is 1. The number of nitrogens with zero attached hydrogens (tertiary/aromatic N) is 1. The van der Waals surface area contributed by atoms with Crippen molar-refractivity contribution in [2.75, 3.05) is 5.43 Å². The molecule has 2 aromatic rings. The Labute approximate surface area is 113 Å². The molecule has 0 bridgehead atoms. The van der Waals surface area contributed by atoms with E-state index in [0.717, 1.165) is 11.3 Å². The highest BCUT2D eigenvalue weighted by atomic mass is 19.4. The van der Waals surface area contributed by atoms with Crippen LogP contribution in [-0.2, 0) is 6.42 Å². The monoisotopic (exact) mass is 285 g/mol. The minimum Gasteiger partial charge on any atom is -0.406 e. The Balaban J connectivity index is 2.62. The number of nitrogens with two attached hydrogens (primary N) is 1. The van der Waals surface area contributed by atoms with Gasteiger partial charge < -0.3 is 10.2 Å². The average Bonchev–Trinajstić information content (AvgIpc) is 2.36. The standard InChI is InChI=1S/C13H14F3N3O/c1-3-10-7(2)12(19-17)9-6-8(20-13(14,15)16)4-5-11(9)18-10/h4-6H,3,17H2,1-2H3,(H,18,19). The number of hydrogen-bond donors (Lipinski definition) is 2. The third kappa shape index (κ3) is 2.77. The van der Waals surface area contributed by atoms with E-state index in [1.807, 2.05) is 13.8 Å². The number of rotatable bonds is 3. The van der Waals surface area contributed by atoms with E-state index in [9.17, 15) is 13.2 Å². The van der Waals surface area contributed by atoms with Gasteiger partial charge >= 0.3 is 6.36 Å². The zero-order valence-corrected chi connectivity index (χ0v) is 11.0. The zero-order valence-electron chi connectivity index (χ0n) is 11.0. The summed E-state index contributed by atoms with van der Waals surface area (Å²) in [4.78, 5) is 4.41. The minimum atomic E-state index is -4.73. The molecule has 0 saturated carbocycles. The molecule has 0 aliphatic carbocycles. The van der Waals surface area contributed by atoms with Crippen molar-refractivity contribution in [2.45, 2.75) is 26.6 Å². The number of hydrazine groups is 1. The first kappa shape index (κ1) is 14.4. The number of anilines is 1. The van der Waals surface area contributed by atoms with Gasteiger partial charge in [-0.2, -0.15) is 0 Å². The second-order valence-corrected chi connectivity index (χ2v) is 4.28. The first-order chi connectivity index (χ1) is 9.35. The summed E-state index contributed by atoms with van der Waals surface area (Å²) in [6, 6.07) is 3.99. The molecule has 4 nitrogen and oxygen atoms in total. The topological polar surface area (TPSA) is 60.2 Å². The Morgan fingerprint density at radius 2 is 2.05 bits per heavy atom. The fraction of sp³-hybridized carbons (Fsp3) is 0.308. The van der Waals surface area contributed by atoms with E-state index in [0.29, 0.717) is 23.0 Å². The third-order valence-electron chi connectivity index (χ3n) is 3.01. The Kier molecular flexibility index (Phi) is 3.71. The number of aryl methyl sites for hydroxylation is 1. The highest BCUT2D eigenvalue weighted by Crippen LogP contribution is 2.32. The lowest BCUT2D eigenvalue weighted by atomic mass is 10.1. The molecule has 2 rings (SSSR count). The second kappa shape index (κ2) is 5.16. The Morgan fingerprint density at radius 1 is 1.35 bits per heavy atom. The van der Waals surface area contributed by atoms with Crippen LogP contribution in [0.25, 0.3) is 10.9 Å². The molecular weight excluding hydrogens is 271 g/mol. The molecule has 0 radical (unpaired) electrons. The summed E-state index contributed by atoms with van der Waals surface area (Å²) < 4.78 is 40.6. The van der Waals surface area contributed by atoms with Crippen LogP contribution in [0.4, 0.5) is 18.9 Å². The fourth-order valence-corrected chi connectivity index (χ4v) is 2.12. The van der Waals surface area contributed by atoms with Crippen LogP contribution in [0.1, 0.15) is 18.2 Å². The lowest BCUT2D eigenvalue weighted by molar-refractivity contribution is -0.274. The summed E-state index contributed by atoms with van der Waals surface area (Å²) >= 11 is 0. The van der Waals surface area contributed by atoms with Crippen LogP contribution in [0.15, 0.2) is 18.2 Å². The first-order valence-corrected chi connectivity index (χ1v) is 6.01. The van der Waals surface area contributed by atoms with Crippen molar-refractivity contribution in [3.8, 4) is 5.75 Å². The van der Waals surface area contributed by atoms with Crippen molar-refractivity contribution in [3.63, 3.8) is 0 Å². The maximum absolute atomic E-state index is 12.2. The van der Waals surface area contributed by atoms with Gasteiger partial charge in [-0.05, 0) is 37.1 Å². The molecule has 0 fully saturated rings. The maximum atomic E-state index is 12.2. The lowest BCUT2D eigenvalue weighted by Crippen LogP contribution is -2.17. The first-order valence-electron chi connectivity index (χ1n) is 6.01. The number of alkyl halides is 3. The van der Waals surface area contributed by atoms with E-state index in [-0.39, 0.29) is 5.75 Å². The highest BCUT2D eigenvalue weighted by Gasteiger charge is 2.31. The fourth-order valence-electron chi connectivity index (χ4n) is 2.12. The van der Waals surface area contributed by atoms with Gasteiger partial charge in [-0.15, -0.1) is 13.2 Å². The summed E-state index contributed by atoms with van der Waals surface area (Å²) in [5.41, 5.74) is 5.30. The molecule has 1 aromatic carbocycles. The van der Waals surface area contributed by atoms with E-state index in [1.54, 1.807) is 0 Å². The predicted molar refractivity (Wildman–Crippen MR) is 70.4 cm³/mol. The average molecular weight is 285 g/mol. The molecule has 1 heterocycles. The van der Waals surface area contributed by atoms with Crippen LogP contribution in [-0.4, -0.2) is 11.3 Å². The Bertz CT molecular complexity index is 641. The molecule has 3 N–H and O–H groups in total. The molecule has 0 unspecified atom stereocenters. The molecule has 0 aliphatic heterocycles. The maximum Gasteiger partial charge on any atom is 0.573 e. The van der Waals surface area contributed by atoms with Gasteiger partial charge in [0.15, 0.2) is 0 Å². The van der Waals surface area contributed by atoms with Crippen LogP contribution in [0.2, 0.25) is 0 Å². The summed E-state index contributed by atoms with van der Waals surface area (Å²) in [5, 5.41) is 0.490. The van der Waals surface area contributed by atoms with Crippen LogP contribution >= 0.6 is 0 Å². The molecule has 0 saturated heterocycles. The van der Waals surface area contributed by atoms with Crippen molar-refractivity contribution in [3.05, 3.63) is 29.5 Å². The van der Waals surface area contributed by atoms with Gasteiger partial charge in [0.2, 0.25) is 0 Å². The number of halogens is 3. The largest absolute Gasteiger partial charge is 0.573 e. The number of pyridine rings is 1.